The van der Waals surface area contributed by atoms with Crippen LogP contribution in [0.25, 0.3) is 0 Å². The smallest absolute Gasteiger partial charge is 0.186 e. The summed E-state index contributed by atoms with van der Waals surface area (Å²) in [5.41, 5.74) is 7.42. The zero-order valence-electron chi connectivity index (χ0n) is 10.7. The van der Waals surface area contributed by atoms with Crippen LogP contribution in [0.3, 0.4) is 0 Å². The molecule has 0 spiro atoms. The van der Waals surface area contributed by atoms with Gasteiger partial charge in [0, 0.05) is 29.4 Å². The molecule has 0 atom stereocenters. The van der Waals surface area contributed by atoms with Crippen molar-refractivity contribution in [2.24, 2.45) is 5.73 Å². The summed E-state index contributed by atoms with van der Waals surface area (Å²) in [6.45, 7) is 6.44. The Kier molecular flexibility index (Phi) is 2.67. The van der Waals surface area contributed by atoms with Crippen LogP contribution in [-0.4, -0.2) is 17.1 Å². The molecule has 0 unspecified atom stereocenters. The van der Waals surface area contributed by atoms with Crippen LogP contribution in [0.1, 0.15) is 56.0 Å². The van der Waals surface area contributed by atoms with E-state index in [-0.39, 0.29) is 5.54 Å². The number of hydrogen-bond acceptors (Lipinski definition) is 4. The second kappa shape index (κ2) is 3.95. The molecule has 1 saturated carbocycles. The summed E-state index contributed by atoms with van der Waals surface area (Å²) in [7, 11) is 0. The molecule has 4 heteroatoms. The van der Waals surface area contributed by atoms with E-state index in [0.29, 0.717) is 12.5 Å². The molecule has 1 aromatic heterocycles. The lowest BCUT2D eigenvalue weighted by atomic mass is 10.0. The Hall–Kier alpha value is -0.610. The van der Waals surface area contributed by atoms with Crippen molar-refractivity contribution in [1.29, 1.82) is 0 Å². The van der Waals surface area contributed by atoms with Crippen LogP contribution in [0.5, 0.6) is 0 Å². The SMILES string of the molecule is CC1(C)CCCN1c1nc(C2CC2)c(CN)s1. The van der Waals surface area contributed by atoms with Crippen LogP contribution in [0.4, 0.5) is 5.13 Å². The summed E-state index contributed by atoms with van der Waals surface area (Å²) in [5.74, 6) is 0.712. The predicted octanol–water partition coefficient (Wildman–Crippen LogP) is 2.86. The largest absolute Gasteiger partial charge is 0.343 e. The third kappa shape index (κ3) is 1.97. The average Bonchev–Trinajstić information content (AvgIpc) is 2.94. The van der Waals surface area contributed by atoms with Gasteiger partial charge in [-0.2, -0.15) is 0 Å². The Morgan fingerprint density at radius 2 is 2.24 bits per heavy atom. The summed E-state index contributed by atoms with van der Waals surface area (Å²) in [6.07, 6.45) is 5.16. The van der Waals surface area contributed by atoms with E-state index in [9.17, 15) is 0 Å². The lowest BCUT2D eigenvalue weighted by Crippen LogP contribution is -2.38. The molecule has 94 valence electrons. The standard InChI is InChI=1S/C13H21N3S/c1-13(2)6-3-7-16(13)12-15-11(9-4-5-9)10(8-14)17-12/h9H,3-8,14H2,1-2H3. The molecule has 1 aliphatic heterocycles. The number of nitrogens with two attached hydrogens (primary N) is 1. The minimum absolute atomic E-state index is 0.268. The minimum atomic E-state index is 0.268. The Labute approximate surface area is 107 Å². The molecule has 0 amide bonds. The molecule has 2 N–H and O–H groups in total. The lowest BCUT2D eigenvalue weighted by Gasteiger charge is -2.31. The van der Waals surface area contributed by atoms with Gasteiger partial charge in [-0.1, -0.05) is 0 Å². The van der Waals surface area contributed by atoms with Crippen molar-refractivity contribution in [2.75, 3.05) is 11.4 Å². The molecule has 3 nitrogen and oxygen atoms in total. The van der Waals surface area contributed by atoms with Gasteiger partial charge >= 0.3 is 0 Å². The van der Waals surface area contributed by atoms with E-state index in [1.807, 2.05) is 11.3 Å². The lowest BCUT2D eigenvalue weighted by molar-refractivity contribution is 0.517. The Balaban J connectivity index is 1.92. The van der Waals surface area contributed by atoms with E-state index in [1.54, 1.807) is 0 Å². The summed E-state index contributed by atoms with van der Waals surface area (Å²) in [5, 5.41) is 1.20. The molecule has 2 heterocycles. The second-order valence-corrected chi connectivity index (χ2v) is 6.91. The van der Waals surface area contributed by atoms with Crippen LogP contribution in [-0.2, 0) is 6.54 Å². The van der Waals surface area contributed by atoms with E-state index < -0.39 is 0 Å². The first-order valence-corrected chi connectivity index (χ1v) is 7.41. The van der Waals surface area contributed by atoms with Gasteiger partial charge in [0.15, 0.2) is 5.13 Å². The van der Waals surface area contributed by atoms with Gasteiger partial charge in [-0.05, 0) is 39.5 Å². The molecule has 2 fully saturated rings. The molecular weight excluding hydrogens is 230 g/mol. The van der Waals surface area contributed by atoms with Crippen molar-refractivity contribution < 1.29 is 0 Å². The van der Waals surface area contributed by atoms with E-state index in [1.165, 1.54) is 41.4 Å². The van der Waals surface area contributed by atoms with Gasteiger partial charge in [-0.15, -0.1) is 11.3 Å². The Morgan fingerprint density at radius 1 is 1.47 bits per heavy atom. The maximum absolute atomic E-state index is 5.85. The molecule has 1 aliphatic carbocycles. The van der Waals surface area contributed by atoms with Gasteiger partial charge in [0.1, 0.15) is 0 Å². The maximum Gasteiger partial charge on any atom is 0.186 e. The first-order valence-electron chi connectivity index (χ1n) is 6.59. The quantitative estimate of drug-likeness (QED) is 0.898. The van der Waals surface area contributed by atoms with Crippen molar-refractivity contribution in [3.8, 4) is 0 Å². The van der Waals surface area contributed by atoms with E-state index in [0.717, 1.165) is 6.54 Å². The molecule has 1 saturated heterocycles. The number of nitrogens with zero attached hydrogens (tertiary/aromatic N) is 2. The fourth-order valence-corrected chi connectivity index (χ4v) is 3.96. The fourth-order valence-electron chi connectivity index (χ4n) is 2.75. The van der Waals surface area contributed by atoms with Crippen LogP contribution in [0.2, 0.25) is 0 Å². The van der Waals surface area contributed by atoms with Gasteiger partial charge in [0.25, 0.3) is 0 Å². The highest BCUT2D eigenvalue weighted by molar-refractivity contribution is 7.15. The number of rotatable bonds is 3. The van der Waals surface area contributed by atoms with Crippen molar-refractivity contribution in [2.45, 2.75) is 57.5 Å². The predicted molar refractivity (Wildman–Crippen MR) is 72.6 cm³/mol. The summed E-state index contributed by atoms with van der Waals surface area (Å²) in [6, 6.07) is 0. The molecule has 17 heavy (non-hydrogen) atoms. The fraction of sp³-hybridized carbons (Fsp3) is 0.769. The molecule has 0 aromatic carbocycles. The van der Waals surface area contributed by atoms with E-state index in [2.05, 4.69) is 18.7 Å². The average molecular weight is 251 g/mol. The Morgan fingerprint density at radius 3 is 2.76 bits per heavy atom. The zero-order valence-corrected chi connectivity index (χ0v) is 11.5. The number of anilines is 1. The van der Waals surface area contributed by atoms with Crippen LogP contribution < -0.4 is 10.6 Å². The Bertz CT molecular complexity index is 420. The number of hydrogen-bond donors (Lipinski definition) is 1. The third-order valence-electron chi connectivity index (χ3n) is 4.00. The maximum atomic E-state index is 5.85. The topological polar surface area (TPSA) is 42.2 Å². The van der Waals surface area contributed by atoms with Gasteiger partial charge in [0.2, 0.25) is 0 Å². The molecular formula is C13H21N3S. The molecule has 2 aliphatic rings. The summed E-state index contributed by atoms with van der Waals surface area (Å²) < 4.78 is 0. The van der Waals surface area contributed by atoms with Gasteiger partial charge in [0.05, 0.1) is 5.69 Å². The number of thiazole rings is 1. The number of aromatic nitrogens is 1. The zero-order chi connectivity index (χ0) is 12.0. The summed E-state index contributed by atoms with van der Waals surface area (Å²) in [4.78, 5) is 8.67. The monoisotopic (exact) mass is 251 g/mol. The van der Waals surface area contributed by atoms with Crippen molar-refractivity contribution >= 4 is 16.5 Å². The first-order chi connectivity index (χ1) is 8.12. The second-order valence-electron chi connectivity index (χ2n) is 5.85. The third-order valence-corrected chi connectivity index (χ3v) is 5.11. The normalized spacial score (nSPS) is 23.4. The highest BCUT2D eigenvalue weighted by atomic mass is 32.1. The molecule has 3 rings (SSSR count). The van der Waals surface area contributed by atoms with Gasteiger partial charge in [-0.3, -0.25) is 0 Å². The highest BCUT2D eigenvalue weighted by Crippen LogP contribution is 2.45. The van der Waals surface area contributed by atoms with E-state index >= 15 is 0 Å². The van der Waals surface area contributed by atoms with Gasteiger partial charge in [-0.25, -0.2) is 4.98 Å². The van der Waals surface area contributed by atoms with Crippen LogP contribution in [0, 0.1) is 0 Å². The van der Waals surface area contributed by atoms with Gasteiger partial charge < -0.3 is 10.6 Å². The molecule has 0 bridgehead atoms. The van der Waals surface area contributed by atoms with Crippen LogP contribution in [0.15, 0.2) is 0 Å². The highest BCUT2D eigenvalue weighted by Gasteiger charge is 2.36. The van der Waals surface area contributed by atoms with Crippen molar-refractivity contribution in [1.82, 2.24) is 4.98 Å². The molecule has 0 radical (unpaired) electrons. The van der Waals surface area contributed by atoms with E-state index in [4.69, 9.17) is 10.7 Å². The minimum Gasteiger partial charge on any atom is -0.343 e. The van der Waals surface area contributed by atoms with Crippen molar-refractivity contribution in [3.05, 3.63) is 10.6 Å². The first kappa shape index (κ1) is 11.5. The molecule has 1 aromatic rings. The van der Waals surface area contributed by atoms with Crippen LogP contribution >= 0.6 is 11.3 Å². The summed E-state index contributed by atoms with van der Waals surface area (Å²) >= 11 is 1.82. The van der Waals surface area contributed by atoms with Crippen molar-refractivity contribution in [3.63, 3.8) is 0 Å².